The third kappa shape index (κ3) is 5.22. The zero-order valence-corrected chi connectivity index (χ0v) is 11.6. The average Bonchev–Trinajstić information content (AvgIpc) is 2.41. The van der Waals surface area contributed by atoms with Crippen molar-refractivity contribution in [3.63, 3.8) is 0 Å². The molecule has 2 fully saturated rings. The van der Waals surface area contributed by atoms with Gasteiger partial charge in [0.1, 0.15) is 0 Å². The first kappa shape index (κ1) is 14.3. The van der Waals surface area contributed by atoms with Crippen molar-refractivity contribution in [3.8, 4) is 0 Å². The molecule has 0 aromatic heterocycles. The predicted octanol–water partition coefficient (Wildman–Crippen LogP) is 0.450. The molecular formula is C14H30N4. The molecule has 0 unspecified atom stereocenters. The van der Waals surface area contributed by atoms with Gasteiger partial charge >= 0.3 is 0 Å². The van der Waals surface area contributed by atoms with E-state index >= 15 is 0 Å². The fraction of sp³-hybridized carbons (Fsp3) is 1.00. The summed E-state index contributed by atoms with van der Waals surface area (Å²) in [5.41, 5.74) is 0. The van der Waals surface area contributed by atoms with Gasteiger partial charge in [-0.2, -0.15) is 0 Å². The third-order valence-corrected chi connectivity index (χ3v) is 4.12. The van der Waals surface area contributed by atoms with Gasteiger partial charge < -0.3 is 21.3 Å². The van der Waals surface area contributed by atoms with Gasteiger partial charge in [0.05, 0.1) is 0 Å². The van der Waals surface area contributed by atoms with E-state index in [1.807, 2.05) is 0 Å². The maximum Gasteiger partial charge on any atom is 0.0221 e. The SMILES string of the molecule is C1CNCCNCCCN[C@@H]2CCCC[C@@H]2NC1. The van der Waals surface area contributed by atoms with E-state index in [1.165, 1.54) is 38.5 Å². The Kier molecular flexibility index (Phi) is 7.01. The summed E-state index contributed by atoms with van der Waals surface area (Å²) in [7, 11) is 0. The summed E-state index contributed by atoms with van der Waals surface area (Å²) in [6.07, 6.45) is 7.98. The summed E-state index contributed by atoms with van der Waals surface area (Å²) in [6, 6.07) is 1.41. The lowest BCUT2D eigenvalue weighted by Crippen LogP contribution is -2.50. The molecule has 0 radical (unpaired) electrons. The van der Waals surface area contributed by atoms with Crippen molar-refractivity contribution in [3.05, 3.63) is 0 Å². The lowest BCUT2D eigenvalue weighted by atomic mass is 9.90. The van der Waals surface area contributed by atoms with Crippen LogP contribution in [-0.2, 0) is 0 Å². The highest BCUT2D eigenvalue weighted by Gasteiger charge is 2.23. The van der Waals surface area contributed by atoms with Crippen molar-refractivity contribution in [2.45, 2.75) is 50.6 Å². The quantitative estimate of drug-likeness (QED) is 0.507. The van der Waals surface area contributed by atoms with Gasteiger partial charge in [0.25, 0.3) is 0 Å². The van der Waals surface area contributed by atoms with Gasteiger partial charge in [-0.1, -0.05) is 12.8 Å². The standard InChI is InChI=1S/C14H30N4/c1-2-6-14-13(5-1)17-9-3-7-15-11-12-16-8-4-10-18-14/h13-18H,1-12H2/t13-,14+. The Balaban J connectivity index is 1.75. The molecule has 0 aromatic rings. The zero-order valence-electron chi connectivity index (χ0n) is 11.6. The fourth-order valence-electron chi connectivity index (χ4n) is 3.05. The first-order chi connectivity index (χ1) is 8.97. The maximum atomic E-state index is 3.76. The Bertz CT molecular complexity index is 188. The second kappa shape index (κ2) is 8.86. The van der Waals surface area contributed by atoms with Gasteiger partial charge in [-0.05, 0) is 51.9 Å². The first-order valence-corrected chi connectivity index (χ1v) is 7.85. The molecule has 2 aliphatic rings. The number of fused-ring (bicyclic) bond motifs is 1. The van der Waals surface area contributed by atoms with Crippen LogP contribution in [-0.4, -0.2) is 51.4 Å². The van der Waals surface area contributed by atoms with Crippen LogP contribution in [0, 0.1) is 0 Å². The molecule has 106 valence electrons. The van der Waals surface area contributed by atoms with E-state index in [4.69, 9.17) is 0 Å². The van der Waals surface area contributed by atoms with E-state index in [0.717, 1.165) is 39.3 Å². The van der Waals surface area contributed by atoms with E-state index < -0.39 is 0 Å². The molecule has 18 heavy (non-hydrogen) atoms. The number of hydrogen-bond acceptors (Lipinski definition) is 4. The van der Waals surface area contributed by atoms with Crippen LogP contribution in [0.15, 0.2) is 0 Å². The highest BCUT2D eigenvalue weighted by atomic mass is 15.0. The highest BCUT2D eigenvalue weighted by Crippen LogP contribution is 2.18. The zero-order chi connectivity index (χ0) is 12.5. The first-order valence-electron chi connectivity index (χ1n) is 7.85. The monoisotopic (exact) mass is 254 g/mol. The number of hydrogen-bond donors (Lipinski definition) is 4. The van der Waals surface area contributed by atoms with Crippen LogP contribution in [0.4, 0.5) is 0 Å². The molecule has 4 nitrogen and oxygen atoms in total. The Morgan fingerprint density at radius 3 is 1.50 bits per heavy atom. The van der Waals surface area contributed by atoms with Crippen LogP contribution < -0.4 is 21.3 Å². The van der Waals surface area contributed by atoms with Crippen molar-refractivity contribution in [2.24, 2.45) is 0 Å². The third-order valence-electron chi connectivity index (χ3n) is 4.12. The lowest BCUT2D eigenvalue weighted by Gasteiger charge is -2.33. The normalized spacial score (nSPS) is 33.3. The molecule has 1 aliphatic carbocycles. The van der Waals surface area contributed by atoms with E-state index in [0.29, 0.717) is 12.1 Å². The van der Waals surface area contributed by atoms with Gasteiger partial charge in [0.15, 0.2) is 0 Å². The minimum atomic E-state index is 0.703. The van der Waals surface area contributed by atoms with Gasteiger partial charge in [0.2, 0.25) is 0 Å². The van der Waals surface area contributed by atoms with Crippen LogP contribution in [0.2, 0.25) is 0 Å². The highest BCUT2D eigenvalue weighted by molar-refractivity contribution is 4.86. The smallest absolute Gasteiger partial charge is 0.0221 e. The van der Waals surface area contributed by atoms with Crippen molar-refractivity contribution >= 4 is 0 Å². The van der Waals surface area contributed by atoms with Crippen molar-refractivity contribution < 1.29 is 0 Å². The van der Waals surface area contributed by atoms with E-state index in [-0.39, 0.29) is 0 Å². The van der Waals surface area contributed by atoms with Gasteiger partial charge in [-0.3, -0.25) is 0 Å². The van der Waals surface area contributed by atoms with Gasteiger partial charge in [-0.25, -0.2) is 0 Å². The van der Waals surface area contributed by atoms with Crippen LogP contribution in [0.25, 0.3) is 0 Å². The predicted molar refractivity (Wildman–Crippen MR) is 77.0 cm³/mol. The molecule has 0 spiro atoms. The molecule has 0 bridgehead atoms. The number of nitrogens with one attached hydrogen (secondary N) is 4. The minimum absolute atomic E-state index is 0.703. The molecule has 2 rings (SSSR count). The maximum absolute atomic E-state index is 3.76. The van der Waals surface area contributed by atoms with E-state index in [1.54, 1.807) is 0 Å². The van der Waals surface area contributed by atoms with E-state index in [2.05, 4.69) is 21.3 Å². The molecule has 0 amide bonds. The Labute approximate surface area is 112 Å². The van der Waals surface area contributed by atoms with Crippen LogP contribution in [0.5, 0.6) is 0 Å². The molecule has 4 N–H and O–H groups in total. The van der Waals surface area contributed by atoms with Crippen LogP contribution >= 0.6 is 0 Å². The Morgan fingerprint density at radius 1 is 0.500 bits per heavy atom. The molecule has 0 aromatic carbocycles. The van der Waals surface area contributed by atoms with Crippen LogP contribution in [0.3, 0.4) is 0 Å². The summed E-state index contributed by atoms with van der Waals surface area (Å²) < 4.78 is 0. The number of rotatable bonds is 0. The van der Waals surface area contributed by atoms with Crippen molar-refractivity contribution in [1.29, 1.82) is 0 Å². The van der Waals surface area contributed by atoms with E-state index in [9.17, 15) is 0 Å². The van der Waals surface area contributed by atoms with Gasteiger partial charge in [0, 0.05) is 25.2 Å². The molecule has 4 heteroatoms. The Hall–Kier alpha value is -0.160. The minimum Gasteiger partial charge on any atom is -0.315 e. The molecule has 1 saturated carbocycles. The average molecular weight is 254 g/mol. The topological polar surface area (TPSA) is 48.1 Å². The summed E-state index contributed by atoms with van der Waals surface area (Å²) >= 11 is 0. The van der Waals surface area contributed by atoms with Crippen molar-refractivity contribution in [1.82, 2.24) is 21.3 Å². The summed E-state index contributed by atoms with van der Waals surface area (Å²) in [6.45, 7) is 6.78. The molecular weight excluding hydrogens is 224 g/mol. The molecule has 1 aliphatic heterocycles. The molecule has 2 atom stereocenters. The molecule has 1 heterocycles. The molecule has 1 saturated heterocycles. The van der Waals surface area contributed by atoms with Gasteiger partial charge in [-0.15, -0.1) is 0 Å². The second-order valence-corrected chi connectivity index (χ2v) is 5.61. The largest absolute Gasteiger partial charge is 0.315 e. The second-order valence-electron chi connectivity index (χ2n) is 5.61. The Morgan fingerprint density at radius 2 is 1.00 bits per heavy atom. The summed E-state index contributed by atoms with van der Waals surface area (Å²) in [5.74, 6) is 0. The summed E-state index contributed by atoms with van der Waals surface area (Å²) in [4.78, 5) is 0. The van der Waals surface area contributed by atoms with Crippen molar-refractivity contribution in [2.75, 3.05) is 39.3 Å². The van der Waals surface area contributed by atoms with Crippen LogP contribution in [0.1, 0.15) is 38.5 Å². The fourth-order valence-corrected chi connectivity index (χ4v) is 3.05. The summed E-state index contributed by atoms with van der Waals surface area (Å²) in [5, 5.41) is 14.5. The lowest BCUT2D eigenvalue weighted by molar-refractivity contribution is 0.282.